The molecule has 0 N–H and O–H groups in total. The highest BCUT2D eigenvalue weighted by Gasteiger charge is 2.15. The molecule has 0 fully saturated rings. The first-order valence-corrected chi connectivity index (χ1v) is 8.53. The van der Waals surface area contributed by atoms with Crippen LogP contribution in [0.25, 0.3) is 10.9 Å². The van der Waals surface area contributed by atoms with Crippen LogP contribution in [0.15, 0.2) is 64.2 Å². The van der Waals surface area contributed by atoms with Crippen LogP contribution >= 0.6 is 0 Å². The minimum atomic E-state index is -0.506. The van der Waals surface area contributed by atoms with Gasteiger partial charge in [-0.2, -0.15) is 0 Å². The molecular weight excluding hydrogens is 332 g/mol. The smallest absolute Gasteiger partial charge is 0.332 e. The molecule has 1 heterocycles. The van der Waals surface area contributed by atoms with Gasteiger partial charge in [-0.15, -0.1) is 0 Å². The van der Waals surface area contributed by atoms with Crippen molar-refractivity contribution in [1.82, 2.24) is 9.13 Å². The van der Waals surface area contributed by atoms with Gasteiger partial charge in [0.05, 0.1) is 17.5 Å². The molecule has 0 aliphatic heterocycles. The van der Waals surface area contributed by atoms with Crippen molar-refractivity contribution in [3.8, 4) is 0 Å². The Morgan fingerprint density at radius 2 is 1.65 bits per heavy atom. The lowest BCUT2D eigenvalue weighted by Gasteiger charge is -2.13. The van der Waals surface area contributed by atoms with E-state index in [1.165, 1.54) is 9.13 Å². The van der Waals surface area contributed by atoms with Crippen LogP contribution in [0.5, 0.6) is 0 Å². The fourth-order valence-electron chi connectivity index (χ4n) is 2.94. The Hall–Kier alpha value is -3.15. The number of hydrogen-bond donors (Lipinski definition) is 0. The molecule has 3 rings (SSSR count). The van der Waals surface area contributed by atoms with E-state index in [-0.39, 0.29) is 25.3 Å². The molecule has 0 atom stereocenters. The summed E-state index contributed by atoms with van der Waals surface area (Å²) in [7, 11) is 0. The molecule has 1 aromatic heterocycles. The van der Waals surface area contributed by atoms with E-state index < -0.39 is 11.7 Å². The third-order valence-corrected chi connectivity index (χ3v) is 4.19. The zero-order chi connectivity index (χ0) is 18.5. The van der Waals surface area contributed by atoms with Crippen molar-refractivity contribution in [3.63, 3.8) is 0 Å². The van der Waals surface area contributed by atoms with Gasteiger partial charge in [-0.3, -0.25) is 18.7 Å². The largest absolute Gasteiger partial charge is 0.465 e. The SMILES string of the molecule is CCOC(=O)Cn1c(=O)n(CCc2ccccc2)c(=O)c2ccccc21. The van der Waals surface area contributed by atoms with Gasteiger partial charge in [-0.25, -0.2) is 4.79 Å². The molecule has 0 unspecified atom stereocenters. The van der Waals surface area contributed by atoms with Gasteiger partial charge in [0.15, 0.2) is 0 Å². The maximum absolute atomic E-state index is 12.9. The normalized spacial score (nSPS) is 10.8. The van der Waals surface area contributed by atoms with Crippen LogP contribution in [-0.2, 0) is 29.0 Å². The van der Waals surface area contributed by atoms with Gasteiger partial charge in [0.2, 0.25) is 0 Å². The topological polar surface area (TPSA) is 70.3 Å². The van der Waals surface area contributed by atoms with Gasteiger partial charge >= 0.3 is 11.7 Å². The summed E-state index contributed by atoms with van der Waals surface area (Å²) in [5.74, 6) is -0.506. The summed E-state index contributed by atoms with van der Waals surface area (Å²) >= 11 is 0. The lowest BCUT2D eigenvalue weighted by Crippen LogP contribution is -2.41. The van der Waals surface area contributed by atoms with Gasteiger partial charge in [-0.1, -0.05) is 42.5 Å². The minimum absolute atomic E-state index is 0.223. The second kappa shape index (κ2) is 7.82. The lowest BCUT2D eigenvalue weighted by atomic mass is 10.1. The summed E-state index contributed by atoms with van der Waals surface area (Å²) in [5.41, 5.74) is 0.620. The van der Waals surface area contributed by atoms with Gasteiger partial charge < -0.3 is 4.74 Å². The quantitative estimate of drug-likeness (QED) is 0.636. The zero-order valence-corrected chi connectivity index (χ0v) is 14.6. The molecule has 6 nitrogen and oxygen atoms in total. The van der Waals surface area contributed by atoms with Crippen LogP contribution in [0.1, 0.15) is 12.5 Å². The van der Waals surface area contributed by atoms with E-state index in [2.05, 4.69) is 0 Å². The van der Waals surface area contributed by atoms with Gasteiger partial charge in [0, 0.05) is 6.54 Å². The first-order chi connectivity index (χ1) is 12.6. The summed E-state index contributed by atoms with van der Waals surface area (Å²) in [6.45, 7) is 1.97. The fourth-order valence-corrected chi connectivity index (χ4v) is 2.94. The molecule has 0 saturated heterocycles. The van der Waals surface area contributed by atoms with Crippen molar-refractivity contribution < 1.29 is 9.53 Å². The molecule has 0 amide bonds. The average Bonchev–Trinajstić information content (AvgIpc) is 2.66. The Labute approximate surface area is 150 Å². The molecule has 134 valence electrons. The van der Waals surface area contributed by atoms with Crippen LogP contribution in [0.3, 0.4) is 0 Å². The van der Waals surface area contributed by atoms with E-state index in [1.807, 2.05) is 30.3 Å². The van der Waals surface area contributed by atoms with Crippen molar-refractivity contribution in [3.05, 3.63) is 81.0 Å². The fraction of sp³-hybridized carbons (Fsp3) is 0.250. The molecule has 3 aromatic rings. The number of aryl methyl sites for hydroxylation is 1. The van der Waals surface area contributed by atoms with Crippen molar-refractivity contribution >= 4 is 16.9 Å². The molecule has 0 aliphatic carbocycles. The van der Waals surface area contributed by atoms with Crippen molar-refractivity contribution in [2.24, 2.45) is 0 Å². The van der Waals surface area contributed by atoms with E-state index in [4.69, 9.17) is 4.74 Å². The first-order valence-electron chi connectivity index (χ1n) is 8.53. The first kappa shape index (κ1) is 17.7. The number of aromatic nitrogens is 2. The van der Waals surface area contributed by atoms with Crippen molar-refractivity contribution in [2.75, 3.05) is 6.61 Å². The highest BCUT2D eigenvalue weighted by Crippen LogP contribution is 2.08. The molecule has 0 saturated carbocycles. The van der Waals surface area contributed by atoms with E-state index in [0.717, 1.165) is 5.56 Å². The van der Waals surface area contributed by atoms with E-state index in [9.17, 15) is 14.4 Å². The molecule has 6 heteroatoms. The van der Waals surface area contributed by atoms with Gasteiger partial charge in [-0.05, 0) is 31.0 Å². The number of carbonyl (C=O) groups is 1. The number of fused-ring (bicyclic) bond motifs is 1. The zero-order valence-electron chi connectivity index (χ0n) is 14.6. The van der Waals surface area contributed by atoms with Crippen LogP contribution < -0.4 is 11.2 Å². The molecule has 2 aromatic carbocycles. The maximum Gasteiger partial charge on any atom is 0.332 e. The second-order valence-corrected chi connectivity index (χ2v) is 5.88. The summed E-state index contributed by atoms with van der Waals surface area (Å²) in [6.07, 6.45) is 0.549. The highest BCUT2D eigenvalue weighted by atomic mass is 16.5. The Morgan fingerprint density at radius 1 is 0.962 bits per heavy atom. The van der Waals surface area contributed by atoms with Crippen LogP contribution in [0.4, 0.5) is 0 Å². The van der Waals surface area contributed by atoms with Crippen LogP contribution in [0.2, 0.25) is 0 Å². The predicted octanol–water partition coefficient (Wildman–Crippen LogP) is 1.97. The molecular formula is C20H20N2O4. The molecule has 0 bridgehead atoms. The Morgan fingerprint density at radius 3 is 2.38 bits per heavy atom. The Kier molecular flexibility index (Phi) is 5.31. The summed E-state index contributed by atoms with van der Waals surface area (Å²) < 4.78 is 7.46. The third-order valence-electron chi connectivity index (χ3n) is 4.19. The number of rotatable bonds is 6. The number of esters is 1. The molecule has 0 radical (unpaired) electrons. The number of hydrogen-bond acceptors (Lipinski definition) is 4. The van der Waals surface area contributed by atoms with Crippen molar-refractivity contribution in [1.29, 1.82) is 0 Å². The van der Waals surface area contributed by atoms with E-state index in [0.29, 0.717) is 17.3 Å². The van der Waals surface area contributed by atoms with Crippen molar-refractivity contribution in [2.45, 2.75) is 26.4 Å². The number of para-hydroxylation sites is 1. The predicted molar refractivity (Wildman–Crippen MR) is 99.2 cm³/mol. The molecule has 0 aliphatic rings. The van der Waals surface area contributed by atoms with Gasteiger partial charge in [0.25, 0.3) is 5.56 Å². The second-order valence-electron chi connectivity index (χ2n) is 5.88. The number of nitrogens with zero attached hydrogens (tertiary/aromatic N) is 2. The summed E-state index contributed by atoms with van der Waals surface area (Å²) in [5, 5.41) is 0.407. The maximum atomic E-state index is 12.9. The lowest BCUT2D eigenvalue weighted by molar-refractivity contribution is -0.143. The van der Waals surface area contributed by atoms with E-state index >= 15 is 0 Å². The third kappa shape index (κ3) is 3.59. The summed E-state index contributed by atoms with van der Waals surface area (Å²) in [6, 6.07) is 16.4. The number of carbonyl (C=O) groups excluding carboxylic acids is 1. The van der Waals surface area contributed by atoms with Gasteiger partial charge in [0.1, 0.15) is 6.54 Å². The average molecular weight is 352 g/mol. The number of benzene rings is 2. The number of ether oxygens (including phenoxy) is 1. The highest BCUT2D eigenvalue weighted by molar-refractivity contribution is 5.79. The Balaban J connectivity index is 2.06. The Bertz CT molecular complexity index is 1040. The van der Waals surface area contributed by atoms with E-state index in [1.54, 1.807) is 31.2 Å². The van der Waals surface area contributed by atoms with Crippen LogP contribution in [-0.4, -0.2) is 21.7 Å². The minimum Gasteiger partial charge on any atom is -0.465 e. The molecule has 26 heavy (non-hydrogen) atoms. The molecule has 0 spiro atoms. The summed E-state index contributed by atoms with van der Waals surface area (Å²) in [4.78, 5) is 37.6. The standard InChI is InChI=1S/C20H20N2O4/c1-2-26-18(23)14-22-17-11-7-6-10-16(17)19(24)21(20(22)25)13-12-15-8-4-3-5-9-15/h3-11H,2,12-14H2,1H3. The van der Waals surface area contributed by atoms with Crippen LogP contribution in [0, 0.1) is 0 Å². The monoisotopic (exact) mass is 352 g/mol.